The highest BCUT2D eigenvalue weighted by atomic mass is 28.4. The molecule has 2 atom stereocenters. The minimum absolute atomic E-state index is 0.0547. The monoisotopic (exact) mass is 275 g/mol. The quantitative estimate of drug-likeness (QED) is 0.757. The van der Waals surface area contributed by atoms with E-state index in [4.69, 9.17) is 4.43 Å². The van der Waals surface area contributed by atoms with E-state index in [2.05, 4.69) is 38.5 Å². The van der Waals surface area contributed by atoms with E-state index >= 15 is 0 Å². The lowest BCUT2D eigenvalue weighted by Crippen LogP contribution is -2.55. The minimum Gasteiger partial charge on any atom is -0.519 e. The van der Waals surface area contributed by atoms with Crippen LogP contribution in [-0.4, -0.2) is 28.6 Å². The Morgan fingerprint density at radius 3 is 1.94 bits per heavy atom. The summed E-state index contributed by atoms with van der Waals surface area (Å²) in [6.07, 6.45) is 0.989. The Morgan fingerprint density at radius 2 is 1.65 bits per heavy atom. The predicted octanol–water partition coefficient (Wildman–Crippen LogP) is 3.20. The van der Waals surface area contributed by atoms with E-state index < -0.39 is 16.6 Å². The van der Waals surface area contributed by atoms with Gasteiger partial charge in [0.2, 0.25) is 8.32 Å². The van der Waals surface area contributed by atoms with Gasteiger partial charge in [0.15, 0.2) is 0 Å². The van der Waals surface area contributed by atoms with Gasteiger partial charge in [0.1, 0.15) is 14.3 Å². The number of nitrogens with one attached hydrogen (secondary N) is 1. The molecule has 0 heterocycles. The molecule has 0 aliphatic heterocycles. The molecule has 0 aliphatic carbocycles. The number of rotatable bonds is 6. The van der Waals surface area contributed by atoms with Gasteiger partial charge < -0.3 is 9.41 Å². The number of carbonyl (C=O) groups excluding carboxylic acids is 1. The van der Waals surface area contributed by atoms with Gasteiger partial charge in [0, 0.05) is 0 Å². The van der Waals surface area contributed by atoms with Gasteiger partial charge in [-0.15, -0.1) is 0 Å². The molecule has 0 amide bonds. The van der Waals surface area contributed by atoms with E-state index in [-0.39, 0.29) is 12.0 Å². The van der Waals surface area contributed by atoms with Gasteiger partial charge in [-0.05, 0) is 25.6 Å². The predicted molar refractivity (Wildman–Crippen MR) is 79.2 cm³/mol. The molecular weight excluding hydrogens is 246 g/mol. The zero-order valence-corrected chi connectivity index (χ0v) is 14.7. The molecule has 3 nitrogen and oxygen atoms in total. The van der Waals surface area contributed by atoms with Crippen molar-refractivity contribution >= 4 is 22.5 Å². The molecule has 0 rings (SSSR count). The zero-order chi connectivity index (χ0) is 13.9. The SMILES string of the molecule is CC[C@H](C)[C@H](N[Si](C)(C)C)C(=O)O[Si](C)(C)C. The third-order valence-electron chi connectivity index (χ3n) is 2.46. The lowest BCUT2D eigenvalue weighted by molar-refractivity contribution is -0.138. The molecule has 1 N–H and O–H groups in total. The van der Waals surface area contributed by atoms with Gasteiger partial charge in [0.05, 0.1) is 0 Å². The summed E-state index contributed by atoms with van der Waals surface area (Å²) in [7, 11) is -3.26. The molecule has 0 aliphatic rings. The van der Waals surface area contributed by atoms with Gasteiger partial charge in [-0.3, -0.25) is 4.79 Å². The second-order valence-corrected chi connectivity index (χ2v) is 16.0. The topological polar surface area (TPSA) is 38.3 Å². The summed E-state index contributed by atoms with van der Waals surface area (Å²) in [5.74, 6) is 0.270. The summed E-state index contributed by atoms with van der Waals surface area (Å²) in [5.41, 5.74) is 0. The van der Waals surface area contributed by atoms with Crippen LogP contribution in [0.4, 0.5) is 0 Å². The molecule has 102 valence electrons. The van der Waals surface area contributed by atoms with Crippen molar-refractivity contribution in [2.24, 2.45) is 5.92 Å². The summed E-state index contributed by atoms with van der Waals surface area (Å²) < 4.78 is 5.63. The highest BCUT2D eigenvalue weighted by molar-refractivity contribution is 6.74. The van der Waals surface area contributed by atoms with Crippen LogP contribution >= 0.6 is 0 Å². The third-order valence-corrected chi connectivity index (χ3v) is 4.45. The van der Waals surface area contributed by atoms with E-state index in [1.807, 2.05) is 19.6 Å². The van der Waals surface area contributed by atoms with Gasteiger partial charge in [-0.25, -0.2) is 0 Å². The van der Waals surface area contributed by atoms with Crippen molar-refractivity contribution in [3.8, 4) is 0 Å². The van der Waals surface area contributed by atoms with Crippen molar-refractivity contribution in [2.75, 3.05) is 0 Å². The Hall–Kier alpha value is -0.136. The molecule has 5 heteroatoms. The highest BCUT2D eigenvalue weighted by Gasteiger charge is 2.32. The molecule has 0 aromatic carbocycles. The average molecular weight is 276 g/mol. The van der Waals surface area contributed by atoms with Crippen LogP contribution in [-0.2, 0) is 9.22 Å². The van der Waals surface area contributed by atoms with Crippen molar-refractivity contribution in [1.29, 1.82) is 0 Å². The minimum atomic E-state index is -1.79. The fourth-order valence-electron chi connectivity index (χ4n) is 1.50. The van der Waals surface area contributed by atoms with Crippen molar-refractivity contribution in [1.82, 2.24) is 4.98 Å². The molecule has 0 unspecified atom stereocenters. The van der Waals surface area contributed by atoms with Crippen LogP contribution in [0.3, 0.4) is 0 Å². The lowest BCUT2D eigenvalue weighted by atomic mass is 10.0. The molecule has 0 fully saturated rings. The van der Waals surface area contributed by atoms with Crippen molar-refractivity contribution in [2.45, 2.75) is 65.6 Å². The molecule has 0 bridgehead atoms. The highest BCUT2D eigenvalue weighted by Crippen LogP contribution is 2.15. The first kappa shape index (κ1) is 16.9. The van der Waals surface area contributed by atoms with Crippen LogP contribution in [0.5, 0.6) is 0 Å². The van der Waals surface area contributed by atoms with Gasteiger partial charge in [-0.2, -0.15) is 0 Å². The number of hydrogen-bond donors (Lipinski definition) is 1. The van der Waals surface area contributed by atoms with E-state index in [0.29, 0.717) is 5.92 Å². The van der Waals surface area contributed by atoms with E-state index in [9.17, 15) is 4.79 Å². The maximum atomic E-state index is 12.2. The van der Waals surface area contributed by atoms with Crippen LogP contribution in [0.1, 0.15) is 20.3 Å². The number of carbonyl (C=O) groups is 1. The second-order valence-electron chi connectivity index (χ2n) is 6.79. The van der Waals surface area contributed by atoms with Crippen LogP contribution in [0.25, 0.3) is 0 Å². The molecule has 0 aromatic rings. The van der Waals surface area contributed by atoms with E-state index in [1.54, 1.807) is 0 Å². The lowest BCUT2D eigenvalue weighted by Gasteiger charge is -2.31. The summed E-state index contributed by atoms with van der Waals surface area (Å²) >= 11 is 0. The van der Waals surface area contributed by atoms with E-state index in [1.165, 1.54) is 0 Å². The Kier molecular flexibility index (Phi) is 6.11. The Bertz CT molecular complexity index is 256. The summed E-state index contributed by atoms with van der Waals surface area (Å²) in [6, 6.07) is -0.140. The van der Waals surface area contributed by atoms with Gasteiger partial charge in [0.25, 0.3) is 0 Å². The molecule has 17 heavy (non-hydrogen) atoms. The molecule has 0 aromatic heterocycles. The maximum Gasteiger partial charge on any atom is 0.309 e. The number of hydrogen-bond acceptors (Lipinski definition) is 3. The largest absolute Gasteiger partial charge is 0.519 e. The summed E-state index contributed by atoms with van der Waals surface area (Å²) in [6.45, 7) is 17.0. The first-order valence-corrected chi connectivity index (χ1v) is 13.4. The van der Waals surface area contributed by atoms with Gasteiger partial charge >= 0.3 is 5.97 Å². The fourth-order valence-corrected chi connectivity index (χ4v) is 3.57. The molecule has 0 saturated carbocycles. The molecular formula is C12H29NO2Si2. The third kappa shape index (κ3) is 7.73. The zero-order valence-electron chi connectivity index (χ0n) is 12.7. The Morgan fingerprint density at radius 1 is 1.18 bits per heavy atom. The smallest absolute Gasteiger partial charge is 0.309 e. The van der Waals surface area contributed by atoms with Crippen molar-refractivity contribution in [3.63, 3.8) is 0 Å². The first-order valence-electron chi connectivity index (χ1n) is 6.47. The summed E-state index contributed by atoms with van der Waals surface area (Å²) in [4.78, 5) is 15.7. The van der Waals surface area contributed by atoms with Gasteiger partial charge in [-0.1, -0.05) is 39.9 Å². The summed E-state index contributed by atoms with van der Waals surface area (Å²) in [5, 5.41) is 0. The average Bonchev–Trinajstić information content (AvgIpc) is 2.08. The first-order chi connectivity index (χ1) is 7.46. The Labute approximate surface area is 109 Å². The maximum absolute atomic E-state index is 12.2. The fraction of sp³-hybridized carbons (Fsp3) is 0.917. The van der Waals surface area contributed by atoms with Crippen LogP contribution in [0.15, 0.2) is 0 Å². The second kappa shape index (κ2) is 6.15. The van der Waals surface area contributed by atoms with Crippen molar-refractivity contribution < 1.29 is 9.22 Å². The molecule has 0 saturated heterocycles. The molecule has 0 spiro atoms. The Balaban J connectivity index is 4.75. The molecule has 0 radical (unpaired) electrons. The van der Waals surface area contributed by atoms with Crippen molar-refractivity contribution in [3.05, 3.63) is 0 Å². The van der Waals surface area contributed by atoms with Crippen LogP contribution < -0.4 is 4.98 Å². The van der Waals surface area contributed by atoms with Crippen LogP contribution in [0, 0.1) is 5.92 Å². The normalized spacial score (nSPS) is 16.5. The van der Waals surface area contributed by atoms with E-state index in [0.717, 1.165) is 6.42 Å². The standard InChI is InChI=1S/C12H29NO2Si2/c1-9-10(2)11(13-16(3,4)5)12(14)15-17(6,7)8/h10-11,13H,9H2,1-8H3/t10-,11-/m0/s1. The van der Waals surface area contributed by atoms with Crippen LogP contribution in [0.2, 0.25) is 39.3 Å².